The second-order valence-corrected chi connectivity index (χ2v) is 5.08. The quantitative estimate of drug-likeness (QED) is 0.856. The van der Waals surface area contributed by atoms with Crippen molar-refractivity contribution in [1.82, 2.24) is 5.32 Å². The Kier molecular flexibility index (Phi) is 4.43. The molecule has 2 N–H and O–H groups in total. The molecule has 0 heterocycles. The number of anilines is 1. The van der Waals surface area contributed by atoms with Gasteiger partial charge in [0.1, 0.15) is 0 Å². The van der Waals surface area contributed by atoms with Gasteiger partial charge in [-0.1, -0.05) is 6.07 Å². The molecule has 1 saturated carbocycles. The monoisotopic (exact) mass is 262 g/mol. The molecule has 0 spiro atoms. The lowest BCUT2D eigenvalue weighted by atomic mass is 9.89. The maximum absolute atomic E-state index is 12.3. The van der Waals surface area contributed by atoms with Crippen LogP contribution in [0.15, 0.2) is 18.2 Å². The summed E-state index contributed by atoms with van der Waals surface area (Å²) in [6, 6.07) is 6.11. The number of benzene rings is 1. The van der Waals surface area contributed by atoms with Gasteiger partial charge in [0.25, 0.3) is 5.91 Å². The summed E-state index contributed by atoms with van der Waals surface area (Å²) in [4.78, 5) is 12.3. The number of hydrogen-bond donors (Lipinski definition) is 2. The zero-order valence-corrected chi connectivity index (χ0v) is 11.8. The van der Waals surface area contributed by atoms with E-state index in [9.17, 15) is 4.79 Å². The van der Waals surface area contributed by atoms with Gasteiger partial charge in [0.2, 0.25) is 0 Å². The van der Waals surface area contributed by atoms with E-state index < -0.39 is 0 Å². The van der Waals surface area contributed by atoms with Crippen molar-refractivity contribution in [2.24, 2.45) is 0 Å². The number of nitrogens with one attached hydrogen (secondary N) is 2. The Morgan fingerprint density at radius 3 is 2.79 bits per heavy atom. The fraction of sp³-hybridized carbons (Fsp3) is 0.533. The van der Waals surface area contributed by atoms with Gasteiger partial charge in [0, 0.05) is 25.4 Å². The van der Waals surface area contributed by atoms with Gasteiger partial charge in [0.05, 0.1) is 11.7 Å². The van der Waals surface area contributed by atoms with Gasteiger partial charge < -0.3 is 15.4 Å². The highest BCUT2D eigenvalue weighted by Crippen LogP contribution is 2.24. The minimum Gasteiger partial charge on any atom is -0.385 e. The average Bonchev–Trinajstić information content (AvgIpc) is 2.33. The molecule has 1 aromatic rings. The highest BCUT2D eigenvalue weighted by Gasteiger charge is 2.30. The standard InChI is InChI=1S/C15H22N2O2/c1-4-16-14-7-10(2)5-6-13(14)15(18)17-11-8-12(9-11)19-3/h5-7,11-12,16H,4,8-9H2,1-3H3,(H,17,18). The molecular weight excluding hydrogens is 240 g/mol. The maximum atomic E-state index is 12.3. The van der Waals surface area contributed by atoms with E-state index in [1.165, 1.54) is 0 Å². The molecule has 104 valence electrons. The van der Waals surface area contributed by atoms with Crippen LogP contribution in [0.2, 0.25) is 0 Å². The zero-order chi connectivity index (χ0) is 13.8. The van der Waals surface area contributed by atoms with Crippen LogP contribution in [-0.2, 0) is 4.74 Å². The van der Waals surface area contributed by atoms with Gasteiger partial charge in [-0.05, 0) is 44.4 Å². The molecular formula is C15H22N2O2. The highest BCUT2D eigenvalue weighted by molar-refractivity contribution is 6.00. The highest BCUT2D eigenvalue weighted by atomic mass is 16.5. The minimum absolute atomic E-state index is 0.00416. The molecule has 1 aliphatic carbocycles. The van der Waals surface area contributed by atoms with Crippen LogP contribution in [0.25, 0.3) is 0 Å². The predicted molar refractivity (Wildman–Crippen MR) is 76.6 cm³/mol. The van der Waals surface area contributed by atoms with Gasteiger partial charge in [-0.15, -0.1) is 0 Å². The summed E-state index contributed by atoms with van der Waals surface area (Å²) >= 11 is 0. The Morgan fingerprint density at radius 1 is 1.42 bits per heavy atom. The number of amides is 1. The van der Waals surface area contributed by atoms with E-state index >= 15 is 0 Å². The molecule has 0 saturated heterocycles. The molecule has 1 aliphatic rings. The van der Waals surface area contributed by atoms with Gasteiger partial charge in [-0.3, -0.25) is 4.79 Å². The van der Waals surface area contributed by atoms with Gasteiger partial charge in [0.15, 0.2) is 0 Å². The Labute approximate surface area is 114 Å². The van der Waals surface area contributed by atoms with E-state index in [-0.39, 0.29) is 11.9 Å². The maximum Gasteiger partial charge on any atom is 0.253 e. The number of methoxy groups -OCH3 is 1. The summed E-state index contributed by atoms with van der Waals surface area (Å²) in [5.74, 6) is -0.00416. The molecule has 0 atom stereocenters. The first kappa shape index (κ1) is 13.9. The Bertz CT molecular complexity index is 453. The molecule has 4 heteroatoms. The number of carbonyl (C=O) groups excluding carboxylic acids is 1. The lowest BCUT2D eigenvalue weighted by Crippen LogP contribution is -2.47. The lowest BCUT2D eigenvalue weighted by Gasteiger charge is -2.34. The molecule has 2 rings (SSSR count). The molecule has 0 aromatic heterocycles. The molecule has 1 aromatic carbocycles. The fourth-order valence-corrected chi connectivity index (χ4v) is 2.33. The zero-order valence-electron chi connectivity index (χ0n) is 11.8. The van der Waals surface area contributed by atoms with Crippen LogP contribution in [0, 0.1) is 6.92 Å². The molecule has 0 aliphatic heterocycles. The van der Waals surface area contributed by atoms with Gasteiger partial charge >= 0.3 is 0 Å². The Balaban J connectivity index is 2.02. The van der Waals surface area contributed by atoms with E-state index in [0.717, 1.165) is 30.6 Å². The Morgan fingerprint density at radius 2 is 2.16 bits per heavy atom. The number of hydrogen-bond acceptors (Lipinski definition) is 3. The van der Waals surface area contributed by atoms with Gasteiger partial charge in [-0.25, -0.2) is 0 Å². The third-order valence-electron chi connectivity index (χ3n) is 3.55. The normalized spacial score (nSPS) is 21.6. The van der Waals surface area contributed by atoms with Crippen LogP contribution in [0.1, 0.15) is 35.7 Å². The molecule has 1 amide bonds. The third-order valence-corrected chi connectivity index (χ3v) is 3.55. The summed E-state index contributed by atoms with van der Waals surface area (Å²) in [6.07, 6.45) is 2.12. The molecule has 0 radical (unpaired) electrons. The fourth-order valence-electron chi connectivity index (χ4n) is 2.33. The van der Waals surface area contributed by atoms with Crippen molar-refractivity contribution in [3.63, 3.8) is 0 Å². The minimum atomic E-state index is -0.00416. The van der Waals surface area contributed by atoms with E-state index in [4.69, 9.17) is 4.74 Å². The van der Waals surface area contributed by atoms with Crippen LogP contribution < -0.4 is 10.6 Å². The van der Waals surface area contributed by atoms with Crippen molar-refractivity contribution in [3.8, 4) is 0 Å². The predicted octanol–water partition coefficient (Wildman–Crippen LogP) is 2.33. The van der Waals surface area contributed by atoms with E-state index in [0.29, 0.717) is 11.7 Å². The molecule has 1 fully saturated rings. The molecule has 0 bridgehead atoms. The van der Waals surface area contributed by atoms with E-state index in [1.807, 2.05) is 32.0 Å². The Hall–Kier alpha value is -1.55. The van der Waals surface area contributed by atoms with Crippen molar-refractivity contribution in [2.45, 2.75) is 38.8 Å². The van der Waals surface area contributed by atoms with Crippen LogP contribution >= 0.6 is 0 Å². The van der Waals surface area contributed by atoms with Crippen molar-refractivity contribution >= 4 is 11.6 Å². The van der Waals surface area contributed by atoms with Crippen LogP contribution in [0.3, 0.4) is 0 Å². The lowest BCUT2D eigenvalue weighted by molar-refractivity contribution is 0.0176. The first-order valence-corrected chi connectivity index (χ1v) is 6.82. The summed E-state index contributed by atoms with van der Waals surface area (Å²) in [7, 11) is 1.71. The van der Waals surface area contributed by atoms with Crippen LogP contribution in [0.5, 0.6) is 0 Å². The third kappa shape index (κ3) is 3.26. The average molecular weight is 262 g/mol. The van der Waals surface area contributed by atoms with Crippen LogP contribution in [-0.4, -0.2) is 31.7 Å². The second-order valence-electron chi connectivity index (χ2n) is 5.08. The smallest absolute Gasteiger partial charge is 0.253 e. The summed E-state index contributed by atoms with van der Waals surface area (Å²) < 4.78 is 5.22. The number of carbonyl (C=O) groups is 1. The first-order chi connectivity index (χ1) is 9.13. The van der Waals surface area contributed by atoms with Crippen molar-refractivity contribution in [1.29, 1.82) is 0 Å². The topological polar surface area (TPSA) is 50.4 Å². The van der Waals surface area contributed by atoms with Gasteiger partial charge in [-0.2, -0.15) is 0 Å². The summed E-state index contributed by atoms with van der Waals surface area (Å²) in [5.41, 5.74) is 2.77. The van der Waals surface area contributed by atoms with Crippen molar-refractivity contribution in [3.05, 3.63) is 29.3 Å². The summed E-state index contributed by atoms with van der Waals surface area (Å²) in [5, 5.41) is 6.30. The van der Waals surface area contributed by atoms with E-state index in [1.54, 1.807) is 7.11 Å². The van der Waals surface area contributed by atoms with Crippen LogP contribution in [0.4, 0.5) is 5.69 Å². The number of rotatable bonds is 5. The van der Waals surface area contributed by atoms with E-state index in [2.05, 4.69) is 10.6 Å². The van der Waals surface area contributed by atoms with Crippen molar-refractivity contribution in [2.75, 3.05) is 19.0 Å². The molecule has 0 unspecified atom stereocenters. The largest absolute Gasteiger partial charge is 0.385 e. The first-order valence-electron chi connectivity index (χ1n) is 6.82. The molecule has 4 nitrogen and oxygen atoms in total. The number of aryl methyl sites for hydroxylation is 1. The SMILES string of the molecule is CCNc1cc(C)ccc1C(=O)NC1CC(OC)C1. The number of ether oxygens (including phenoxy) is 1. The van der Waals surface area contributed by atoms with Crippen molar-refractivity contribution < 1.29 is 9.53 Å². The summed E-state index contributed by atoms with van der Waals surface area (Å²) in [6.45, 7) is 4.86. The molecule has 19 heavy (non-hydrogen) atoms. The second kappa shape index (κ2) is 6.06.